The molecule has 4 rings (SSSR count). The Hall–Kier alpha value is -2.60. The predicted molar refractivity (Wildman–Crippen MR) is 102 cm³/mol. The van der Waals surface area contributed by atoms with Gasteiger partial charge in [-0.3, -0.25) is 4.79 Å². The van der Waals surface area contributed by atoms with Crippen molar-refractivity contribution in [3.63, 3.8) is 0 Å². The van der Waals surface area contributed by atoms with Crippen LogP contribution in [0.1, 0.15) is 18.4 Å². The number of pyridine rings is 1. The second-order valence-corrected chi connectivity index (χ2v) is 6.90. The summed E-state index contributed by atoms with van der Waals surface area (Å²) in [6.07, 6.45) is 2.21. The van der Waals surface area contributed by atoms with Gasteiger partial charge in [0.15, 0.2) is 11.5 Å². The Bertz CT molecular complexity index is 831. The number of benzene rings is 1. The van der Waals surface area contributed by atoms with Crippen molar-refractivity contribution in [2.24, 2.45) is 5.92 Å². The Morgan fingerprint density at radius 3 is 2.85 bits per heavy atom. The summed E-state index contributed by atoms with van der Waals surface area (Å²) in [5.74, 6) is 2.33. The maximum atomic E-state index is 12.7. The minimum Gasteiger partial charge on any atom is -0.486 e. The van der Waals surface area contributed by atoms with E-state index in [1.54, 1.807) is 7.11 Å². The number of fused-ring (bicyclic) bond motifs is 1. The number of ketones is 1. The van der Waals surface area contributed by atoms with Crippen LogP contribution in [0.4, 0.5) is 0 Å². The smallest absolute Gasteiger partial charge is 0.213 e. The molecule has 0 unspecified atom stereocenters. The standard InChI is InChI=1S/C21H24N2O4/c1-25-20-13-14(12-18(24)15-5-7-22-8-6-15)11-17(23-20)16-3-2-4-19-21(16)27-10-9-26-19/h2-4,11,13,15,22H,5-10,12H2,1H3. The van der Waals surface area contributed by atoms with Crippen molar-refractivity contribution in [3.05, 3.63) is 35.9 Å². The van der Waals surface area contributed by atoms with E-state index in [1.807, 2.05) is 30.3 Å². The average molecular weight is 368 g/mol. The van der Waals surface area contributed by atoms with Gasteiger partial charge in [-0.05, 0) is 49.7 Å². The number of Topliss-reactive ketones (excluding diaryl/α,β-unsaturated/α-hetero) is 1. The summed E-state index contributed by atoms with van der Waals surface area (Å²) >= 11 is 0. The van der Waals surface area contributed by atoms with Crippen molar-refractivity contribution in [3.8, 4) is 28.6 Å². The zero-order valence-corrected chi connectivity index (χ0v) is 15.5. The molecule has 1 aromatic heterocycles. The van der Waals surface area contributed by atoms with Gasteiger partial charge in [-0.1, -0.05) is 6.07 Å². The third-order valence-electron chi connectivity index (χ3n) is 5.09. The highest BCUT2D eigenvalue weighted by Crippen LogP contribution is 2.39. The lowest BCUT2D eigenvalue weighted by molar-refractivity contribution is -0.122. The highest BCUT2D eigenvalue weighted by Gasteiger charge is 2.22. The lowest BCUT2D eigenvalue weighted by atomic mass is 9.90. The van der Waals surface area contributed by atoms with Gasteiger partial charge >= 0.3 is 0 Å². The van der Waals surface area contributed by atoms with E-state index in [2.05, 4.69) is 10.3 Å². The van der Waals surface area contributed by atoms with Crippen LogP contribution in [0, 0.1) is 5.92 Å². The number of hydrogen-bond donors (Lipinski definition) is 1. The van der Waals surface area contributed by atoms with E-state index < -0.39 is 0 Å². The number of carbonyl (C=O) groups is 1. The Morgan fingerprint density at radius 1 is 1.22 bits per heavy atom. The number of methoxy groups -OCH3 is 1. The third-order valence-corrected chi connectivity index (χ3v) is 5.09. The molecule has 1 saturated heterocycles. The molecule has 2 aliphatic heterocycles. The van der Waals surface area contributed by atoms with Crippen LogP contribution < -0.4 is 19.5 Å². The number of ether oxygens (including phenoxy) is 3. The lowest BCUT2D eigenvalue weighted by Crippen LogP contribution is -2.32. The molecule has 0 radical (unpaired) electrons. The van der Waals surface area contributed by atoms with Crippen LogP contribution in [-0.4, -0.2) is 44.2 Å². The normalized spacial score (nSPS) is 16.8. The number of nitrogens with zero attached hydrogens (tertiary/aromatic N) is 1. The number of carbonyl (C=O) groups excluding carboxylic acids is 1. The van der Waals surface area contributed by atoms with Crippen LogP contribution in [0.25, 0.3) is 11.3 Å². The molecule has 27 heavy (non-hydrogen) atoms. The molecule has 3 heterocycles. The van der Waals surface area contributed by atoms with Gasteiger partial charge < -0.3 is 19.5 Å². The molecular weight excluding hydrogens is 344 g/mol. The number of hydrogen-bond acceptors (Lipinski definition) is 6. The van der Waals surface area contributed by atoms with Crippen LogP contribution in [-0.2, 0) is 11.2 Å². The molecule has 0 spiro atoms. The molecule has 0 aliphatic carbocycles. The zero-order chi connectivity index (χ0) is 18.6. The first-order valence-corrected chi connectivity index (χ1v) is 9.42. The first kappa shape index (κ1) is 17.8. The molecule has 2 aromatic rings. The second kappa shape index (κ2) is 7.96. The van der Waals surface area contributed by atoms with Crippen molar-refractivity contribution >= 4 is 5.78 Å². The Morgan fingerprint density at radius 2 is 2.04 bits per heavy atom. The van der Waals surface area contributed by atoms with Gasteiger partial charge in [-0.15, -0.1) is 0 Å². The second-order valence-electron chi connectivity index (χ2n) is 6.90. The van der Waals surface area contributed by atoms with Crippen molar-refractivity contribution in [1.82, 2.24) is 10.3 Å². The van der Waals surface area contributed by atoms with Gasteiger partial charge in [0.1, 0.15) is 19.0 Å². The molecule has 0 amide bonds. The van der Waals surface area contributed by atoms with E-state index >= 15 is 0 Å². The van der Waals surface area contributed by atoms with Gasteiger partial charge in [-0.25, -0.2) is 4.98 Å². The predicted octanol–water partition coefficient (Wildman–Crippen LogP) is 2.64. The summed E-state index contributed by atoms with van der Waals surface area (Å²) in [5.41, 5.74) is 2.49. The summed E-state index contributed by atoms with van der Waals surface area (Å²) in [7, 11) is 1.59. The summed E-state index contributed by atoms with van der Waals surface area (Å²) in [4.78, 5) is 17.3. The molecule has 1 fully saturated rings. The van der Waals surface area contributed by atoms with Crippen molar-refractivity contribution in [1.29, 1.82) is 0 Å². The molecule has 1 aromatic carbocycles. The summed E-state index contributed by atoms with van der Waals surface area (Å²) in [6.45, 7) is 2.87. The zero-order valence-electron chi connectivity index (χ0n) is 15.5. The van der Waals surface area contributed by atoms with Crippen LogP contribution in [0.3, 0.4) is 0 Å². The lowest BCUT2D eigenvalue weighted by Gasteiger charge is -2.22. The van der Waals surface area contributed by atoms with Gasteiger partial charge in [0, 0.05) is 24.0 Å². The SMILES string of the molecule is COc1cc(CC(=O)C2CCNCC2)cc(-c2cccc3c2OCCO3)n1. The van der Waals surface area contributed by atoms with Gasteiger partial charge in [0.05, 0.1) is 12.8 Å². The van der Waals surface area contributed by atoms with Gasteiger partial charge in [0.25, 0.3) is 0 Å². The monoisotopic (exact) mass is 368 g/mol. The Balaban J connectivity index is 1.64. The van der Waals surface area contributed by atoms with E-state index in [1.165, 1.54) is 0 Å². The highest BCUT2D eigenvalue weighted by atomic mass is 16.6. The highest BCUT2D eigenvalue weighted by molar-refractivity contribution is 5.84. The van der Waals surface area contributed by atoms with Crippen LogP contribution in [0.15, 0.2) is 30.3 Å². The number of nitrogens with one attached hydrogen (secondary N) is 1. The molecule has 2 aliphatic rings. The summed E-state index contributed by atoms with van der Waals surface area (Å²) in [5, 5.41) is 3.30. The molecule has 0 saturated carbocycles. The third kappa shape index (κ3) is 3.90. The number of aromatic nitrogens is 1. The molecule has 6 nitrogen and oxygen atoms in total. The number of rotatable bonds is 5. The van der Waals surface area contributed by atoms with E-state index in [0.717, 1.165) is 48.5 Å². The minimum absolute atomic E-state index is 0.134. The Kier molecular flexibility index (Phi) is 5.25. The van der Waals surface area contributed by atoms with Crippen molar-refractivity contribution in [2.75, 3.05) is 33.4 Å². The molecular formula is C21H24N2O4. The number of piperidine rings is 1. The molecule has 0 bridgehead atoms. The fourth-order valence-corrected chi connectivity index (χ4v) is 3.67. The quantitative estimate of drug-likeness (QED) is 0.875. The Labute approximate surface area is 158 Å². The summed E-state index contributed by atoms with van der Waals surface area (Å²) < 4.78 is 16.9. The van der Waals surface area contributed by atoms with E-state index in [4.69, 9.17) is 14.2 Å². The van der Waals surface area contributed by atoms with Crippen molar-refractivity contribution in [2.45, 2.75) is 19.3 Å². The van der Waals surface area contributed by atoms with E-state index in [-0.39, 0.29) is 11.7 Å². The van der Waals surface area contributed by atoms with Gasteiger partial charge in [-0.2, -0.15) is 0 Å². The number of para-hydroxylation sites is 1. The van der Waals surface area contributed by atoms with Crippen LogP contribution >= 0.6 is 0 Å². The fourth-order valence-electron chi connectivity index (χ4n) is 3.67. The van der Waals surface area contributed by atoms with E-state index in [0.29, 0.717) is 31.3 Å². The maximum Gasteiger partial charge on any atom is 0.213 e. The fraction of sp³-hybridized carbons (Fsp3) is 0.429. The van der Waals surface area contributed by atoms with E-state index in [9.17, 15) is 4.79 Å². The van der Waals surface area contributed by atoms with Crippen LogP contribution in [0.2, 0.25) is 0 Å². The first-order chi connectivity index (χ1) is 13.2. The first-order valence-electron chi connectivity index (χ1n) is 9.42. The largest absolute Gasteiger partial charge is 0.486 e. The maximum absolute atomic E-state index is 12.7. The molecule has 142 valence electrons. The minimum atomic E-state index is 0.134. The summed E-state index contributed by atoms with van der Waals surface area (Å²) in [6, 6.07) is 9.56. The van der Waals surface area contributed by atoms with Crippen molar-refractivity contribution < 1.29 is 19.0 Å². The molecule has 1 N–H and O–H groups in total. The van der Waals surface area contributed by atoms with Gasteiger partial charge in [0.2, 0.25) is 5.88 Å². The average Bonchev–Trinajstić information content (AvgIpc) is 2.73. The molecule has 6 heteroatoms. The topological polar surface area (TPSA) is 69.7 Å². The van der Waals surface area contributed by atoms with Crippen LogP contribution in [0.5, 0.6) is 17.4 Å². The molecule has 0 atom stereocenters.